The molecule has 1 N–H and O–H groups in total. The van der Waals surface area contributed by atoms with Crippen molar-refractivity contribution in [2.75, 3.05) is 13.2 Å². The number of amides is 1. The molecule has 0 radical (unpaired) electrons. The van der Waals surface area contributed by atoms with Crippen molar-refractivity contribution >= 4 is 5.91 Å². The Morgan fingerprint density at radius 2 is 2.21 bits per heavy atom. The third-order valence-corrected chi connectivity index (χ3v) is 2.79. The van der Waals surface area contributed by atoms with Gasteiger partial charge in [-0.25, -0.2) is 9.97 Å². The molecule has 0 spiro atoms. The average Bonchev–Trinajstić information content (AvgIpc) is 2.32. The van der Waals surface area contributed by atoms with Crippen LogP contribution in [-0.4, -0.2) is 29.1 Å². The molecule has 1 aromatic heterocycles. The van der Waals surface area contributed by atoms with Crippen molar-refractivity contribution in [1.82, 2.24) is 15.3 Å². The van der Waals surface area contributed by atoms with E-state index in [9.17, 15) is 18.0 Å². The molecule has 2 heterocycles. The summed E-state index contributed by atoms with van der Waals surface area (Å²) in [5.41, 5.74) is -1.63. The molecule has 1 amide bonds. The molecule has 2 rings (SSSR count). The zero-order chi connectivity index (χ0) is 14.1. The minimum Gasteiger partial charge on any atom is -0.379 e. The van der Waals surface area contributed by atoms with E-state index in [1.807, 2.05) is 0 Å². The Balaban J connectivity index is 1.98. The third kappa shape index (κ3) is 3.01. The van der Waals surface area contributed by atoms with Gasteiger partial charge in [0.15, 0.2) is 0 Å². The van der Waals surface area contributed by atoms with Gasteiger partial charge in [-0.05, 0) is 13.0 Å². The molecule has 1 aromatic rings. The summed E-state index contributed by atoms with van der Waals surface area (Å²) in [5, 5.41) is 2.51. The van der Waals surface area contributed by atoms with Gasteiger partial charge in [0.2, 0.25) is 5.91 Å². The van der Waals surface area contributed by atoms with Gasteiger partial charge in [0.05, 0.1) is 25.2 Å². The second kappa shape index (κ2) is 4.76. The van der Waals surface area contributed by atoms with Crippen molar-refractivity contribution in [3.05, 3.63) is 23.8 Å². The first-order chi connectivity index (χ1) is 8.81. The number of nitrogens with zero attached hydrogens (tertiary/aromatic N) is 2. The fourth-order valence-electron chi connectivity index (χ4n) is 1.55. The molecule has 8 heteroatoms. The largest absolute Gasteiger partial charge is 0.433 e. The summed E-state index contributed by atoms with van der Waals surface area (Å²) >= 11 is 0. The number of rotatable bonds is 3. The van der Waals surface area contributed by atoms with Crippen LogP contribution in [-0.2, 0) is 22.3 Å². The average molecular weight is 275 g/mol. The molecule has 0 aliphatic carbocycles. The summed E-state index contributed by atoms with van der Waals surface area (Å²) < 4.78 is 42.2. The maximum atomic E-state index is 12.4. The number of hydrogen-bond donors (Lipinski definition) is 1. The predicted octanol–water partition coefficient (Wildman–Crippen LogP) is 1.15. The van der Waals surface area contributed by atoms with Gasteiger partial charge in [-0.3, -0.25) is 4.79 Å². The number of ether oxygens (including phenoxy) is 1. The third-order valence-electron chi connectivity index (χ3n) is 2.79. The number of carbonyl (C=O) groups is 1. The van der Waals surface area contributed by atoms with Crippen molar-refractivity contribution in [3.8, 4) is 0 Å². The van der Waals surface area contributed by atoms with Crippen molar-refractivity contribution in [1.29, 1.82) is 0 Å². The Kier molecular flexibility index (Phi) is 3.44. The Hall–Kier alpha value is -1.70. The monoisotopic (exact) mass is 275 g/mol. The van der Waals surface area contributed by atoms with Crippen molar-refractivity contribution in [2.45, 2.75) is 19.6 Å². The fourth-order valence-corrected chi connectivity index (χ4v) is 1.55. The number of alkyl halides is 3. The second-order valence-corrected chi connectivity index (χ2v) is 4.59. The van der Waals surface area contributed by atoms with E-state index in [2.05, 4.69) is 15.3 Å². The number of halogens is 3. The van der Waals surface area contributed by atoms with Gasteiger partial charge in [-0.15, -0.1) is 0 Å². The van der Waals surface area contributed by atoms with Gasteiger partial charge in [0, 0.05) is 6.20 Å². The first-order valence-corrected chi connectivity index (χ1v) is 5.56. The maximum absolute atomic E-state index is 12.4. The minimum atomic E-state index is -4.52. The molecule has 0 unspecified atom stereocenters. The lowest BCUT2D eigenvalue weighted by atomic mass is 9.88. The Morgan fingerprint density at radius 3 is 2.74 bits per heavy atom. The molecule has 104 valence electrons. The van der Waals surface area contributed by atoms with E-state index in [0.717, 1.165) is 12.3 Å². The van der Waals surface area contributed by atoms with Crippen molar-refractivity contribution in [2.24, 2.45) is 5.41 Å². The van der Waals surface area contributed by atoms with Gasteiger partial charge >= 0.3 is 6.18 Å². The minimum absolute atomic E-state index is 0.0768. The van der Waals surface area contributed by atoms with Crippen LogP contribution in [0.2, 0.25) is 0 Å². The molecular weight excluding hydrogens is 263 g/mol. The van der Waals surface area contributed by atoms with Gasteiger partial charge in [0.1, 0.15) is 11.5 Å². The lowest BCUT2D eigenvalue weighted by Crippen LogP contribution is -2.51. The van der Waals surface area contributed by atoms with E-state index in [4.69, 9.17) is 4.74 Å². The molecule has 19 heavy (non-hydrogen) atoms. The van der Waals surface area contributed by atoms with E-state index in [1.54, 1.807) is 6.92 Å². The normalized spacial score (nSPS) is 17.7. The Bertz CT molecular complexity index is 486. The van der Waals surface area contributed by atoms with Crippen molar-refractivity contribution < 1.29 is 22.7 Å². The summed E-state index contributed by atoms with van der Waals surface area (Å²) in [6.07, 6.45) is -3.50. The highest BCUT2D eigenvalue weighted by Crippen LogP contribution is 2.27. The van der Waals surface area contributed by atoms with Crippen LogP contribution >= 0.6 is 0 Å². The first kappa shape index (κ1) is 13.7. The number of hydrogen-bond acceptors (Lipinski definition) is 4. The van der Waals surface area contributed by atoms with E-state index in [1.165, 1.54) is 0 Å². The van der Waals surface area contributed by atoms with Crippen LogP contribution in [0.1, 0.15) is 18.4 Å². The van der Waals surface area contributed by atoms with Gasteiger partial charge in [0.25, 0.3) is 0 Å². The molecule has 5 nitrogen and oxygen atoms in total. The molecular formula is C11H12F3N3O2. The predicted molar refractivity (Wildman–Crippen MR) is 57.8 cm³/mol. The summed E-state index contributed by atoms with van der Waals surface area (Å²) in [4.78, 5) is 18.8. The van der Waals surface area contributed by atoms with Crippen LogP contribution in [0.3, 0.4) is 0 Å². The van der Waals surface area contributed by atoms with Crippen LogP contribution in [0.15, 0.2) is 12.3 Å². The molecule has 0 saturated carbocycles. The van der Waals surface area contributed by atoms with Gasteiger partial charge in [-0.1, -0.05) is 0 Å². The summed E-state index contributed by atoms with van der Waals surface area (Å²) in [6.45, 7) is 2.20. The number of nitrogens with one attached hydrogen (secondary N) is 1. The van der Waals surface area contributed by atoms with E-state index < -0.39 is 17.3 Å². The van der Waals surface area contributed by atoms with Crippen LogP contribution < -0.4 is 5.32 Å². The lowest BCUT2D eigenvalue weighted by Gasteiger charge is -2.36. The number of aromatic nitrogens is 2. The fraction of sp³-hybridized carbons (Fsp3) is 0.545. The van der Waals surface area contributed by atoms with Gasteiger partial charge < -0.3 is 10.1 Å². The van der Waals surface area contributed by atoms with E-state index in [0.29, 0.717) is 13.2 Å². The smallest absolute Gasteiger partial charge is 0.379 e. The molecule has 0 atom stereocenters. The lowest BCUT2D eigenvalue weighted by molar-refractivity contribution is -0.157. The quantitative estimate of drug-likeness (QED) is 0.898. The molecule has 1 saturated heterocycles. The SMILES string of the molecule is CC1(C(=O)NCc2nccc(C(F)(F)F)n2)COC1. The standard InChI is InChI=1S/C11H12F3N3O2/c1-10(5-19-6-10)9(18)16-4-8-15-3-2-7(17-8)11(12,13)14/h2-3H,4-6H2,1H3,(H,16,18). The van der Waals surface area contributed by atoms with Gasteiger partial charge in [-0.2, -0.15) is 13.2 Å². The summed E-state index contributed by atoms with van der Waals surface area (Å²) in [7, 11) is 0. The zero-order valence-corrected chi connectivity index (χ0v) is 10.1. The van der Waals surface area contributed by atoms with E-state index >= 15 is 0 Å². The molecule has 0 bridgehead atoms. The topological polar surface area (TPSA) is 64.1 Å². The molecule has 0 aromatic carbocycles. The Labute approximate surface area is 107 Å². The highest BCUT2D eigenvalue weighted by atomic mass is 19.4. The van der Waals surface area contributed by atoms with Crippen LogP contribution in [0, 0.1) is 5.41 Å². The summed E-state index contributed by atoms with van der Waals surface area (Å²) in [5.74, 6) is -0.355. The maximum Gasteiger partial charge on any atom is 0.433 e. The van der Waals surface area contributed by atoms with Crippen LogP contribution in [0.4, 0.5) is 13.2 Å². The molecule has 1 aliphatic heterocycles. The van der Waals surface area contributed by atoms with Crippen LogP contribution in [0.25, 0.3) is 0 Å². The first-order valence-electron chi connectivity index (χ1n) is 5.56. The zero-order valence-electron chi connectivity index (χ0n) is 10.1. The van der Waals surface area contributed by atoms with Crippen molar-refractivity contribution in [3.63, 3.8) is 0 Å². The Morgan fingerprint density at radius 1 is 1.53 bits per heavy atom. The highest BCUT2D eigenvalue weighted by Gasteiger charge is 2.41. The molecule has 1 aliphatic rings. The number of carbonyl (C=O) groups excluding carboxylic acids is 1. The van der Waals surface area contributed by atoms with E-state index in [-0.39, 0.29) is 18.3 Å². The molecule has 1 fully saturated rings. The second-order valence-electron chi connectivity index (χ2n) is 4.59. The van der Waals surface area contributed by atoms with Crippen LogP contribution in [0.5, 0.6) is 0 Å². The highest BCUT2D eigenvalue weighted by molar-refractivity contribution is 5.83. The summed E-state index contributed by atoms with van der Waals surface area (Å²) in [6, 6.07) is 0.784.